The monoisotopic (exact) mass is 245 g/mol. The van der Waals surface area contributed by atoms with Crippen LogP contribution in [-0.4, -0.2) is 19.5 Å². The molecule has 0 atom stereocenters. The van der Waals surface area contributed by atoms with Crippen molar-refractivity contribution in [1.82, 2.24) is 0 Å². The maximum Gasteiger partial charge on any atom is 0.396 e. The van der Waals surface area contributed by atoms with E-state index < -0.39 is 16.4 Å². The fourth-order valence-corrected chi connectivity index (χ4v) is 1.39. The molecule has 0 radical (unpaired) electrons. The van der Waals surface area contributed by atoms with Crippen LogP contribution in [0.4, 0.5) is 9.57 Å². The summed E-state index contributed by atoms with van der Waals surface area (Å²) in [5, 5.41) is 8.35. The molecule has 7 heteroatoms. The van der Waals surface area contributed by atoms with Crippen molar-refractivity contribution in [3.8, 4) is 0 Å². The van der Waals surface area contributed by atoms with Crippen molar-refractivity contribution in [2.24, 2.45) is 0 Å². The van der Waals surface area contributed by atoms with Crippen LogP contribution in [0, 0.1) is 0 Å². The molecule has 0 heterocycles. The first kappa shape index (κ1) is 12.2. The molecule has 0 amide bonds. The Kier molecular flexibility index (Phi) is 3.62. The van der Waals surface area contributed by atoms with E-state index in [2.05, 4.69) is 0 Å². The Morgan fingerprint density at radius 1 is 1.31 bits per heavy atom. The van der Waals surface area contributed by atoms with Crippen molar-refractivity contribution < 1.29 is 22.2 Å². The average molecular weight is 245 g/mol. The van der Waals surface area contributed by atoms with Crippen LogP contribution in [0.1, 0.15) is 5.56 Å². The predicted molar refractivity (Wildman–Crippen MR) is 56.8 cm³/mol. The summed E-state index contributed by atoms with van der Waals surface area (Å²) < 4.78 is 34.3. The molecule has 0 bridgehead atoms. The summed E-state index contributed by atoms with van der Waals surface area (Å²) in [7, 11) is -4.78. The predicted octanol–water partition coefficient (Wildman–Crippen LogP) is 1.41. The highest BCUT2D eigenvalue weighted by atomic mass is 32.3. The third kappa shape index (κ3) is 4.56. The van der Waals surface area contributed by atoms with Gasteiger partial charge >= 0.3 is 16.4 Å². The summed E-state index contributed by atoms with van der Waals surface area (Å²) in [6.07, 6.45) is 2.27. The van der Waals surface area contributed by atoms with Crippen molar-refractivity contribution in [1.29, 1.82) is 0 Å². The molecule has 0 unspecified atom stereocenters. The van der Waals surface area contributed by atoms with Crippen LogP contribution < -0.4 is 4.72 Å². The van der Waals surface area contributed by atoms with Gasteiger partial charge in [-0.15, -0.1) is 0 Å². The van der Waals surface area contributed by atoms with Gasteiger partial charge in [-0.3, -0.25) is 4.72 Å². The second-order valence-corrected chi connectivity index (χ2v) is 3.91. The van der Waals surface area contributed by atoms with Gasteiger partial charge in [0.1, 0.15) is 0 Å². The quantitative estimate of drug-likeness (QED) is 0.620. The molecule has 16 heavy (non-hydrogen) atoms. The number of aliphatic carboxylic acids is 1. The van der Waals surface area contributed by atoms with Crippen LogP contribution in [-0.2, 0) is 15.2 Å². The van der Waals surface area contributed by atoms with Gasteiger partial charge in [-0.1, -0.05) is 16.0 Å². The number of benzene rings is 1. The Bertz CT molecular complexity index is 507. The van der Waals surface area contributed by atoms with Crippen molar-refractivity contribution in [2.75, 3.05) is 4.72 Å². The standard InChI is InChI=1S/C9H8FNO4S/c10-16(14,15)11-8-4-1-7(2-5-8)3-6-9(12)13/h1-6,11H,(H,12,13). The van der Waals surface area contributed by atoms with Crippen molar-refractivity contribution in [2.45, 2.75) is 0 Å². The lowest BCUT2D eigenvalue weighted by molar-refractivity contribution is -0.131. The molecule has 1 aromatic carbocycles. The van der Waals surface area contributed by atoms with Crippen LogP contribution in [0.15, 0.2) is 30.3 Å². The molecule has 0 aromatic heterocycles. The van der Waals surface area contributed by atoms with Crippen LogP contribution >= 0.6 is 0 Å². The third-order valence-corrected chi connectivity index (χ3v) is 2.05. The Balaban J connectivity index is 2.79. The molecule has 5 nitrogen and oxygen atoms in total. The van der Waals surface area contributed by atoms with Gasteiger partial charge in [0.2, 0.25) is 0 Å². The molecule has 86 valence electrons. The molecule has 0 aliphatic rings. The zero-order valence-electron chi connectivity index (χ0n) is 7.92. The number of carboxylic acid groups (broad SMARTS) is 1. The fraction of sp³-hybridized carbons (Fsp3) is 0. The first-order chi connectivity index (χ1) is 7.37. The Morgan fingerprint density at radius 2 is 1.88 bits per heavy atom. The van der Waals surface area contributed by atoms with E-state index in [-0.39, 0.29) is 5.69 Å². The topological polar surface area (TPSA) is 83.5 Å². The minimum Gasteiger partial charge on any atom is -0.478 e. The lowest BCUT2D eigenvalue weighted by Gasteiger charge is -2.00. The molecule has 2 N–H and O–H groups in total. The van der Waals surface area contributed by atoms with Gasteiger partial charge in [0.25, 0.3) is 0 Å². The van der Waals surface area contributed by atoms with Gasteiger partial charge in [-0.25, -0.2) is 4.79 Å². The van der Waals surface area contributed by atoms with Gasteiger partial charge < -0.3 is 5.11 Å². The molecular weight excluding hydrogens is 237 g/mol. The zero-order chi connectivity index (χ0) is 12.2. The maximum absolute atomic E-state index is 12.2. The summed E-state index contributed by atoms with van der Waals surface area (Å²) in [5.74, 6) is -1.09. The van der Waals surface area contributed by atoms with E-state index in [1.54, 1.807) is 4.72 Å². The first-order valence-corrected chi connectivity index (χ1v) is 5.49. The lowest BCUT2D eigenvalue weighted by atomic mass is 10.2. The van der Waals surface area contributed by atoms with Crippen LogP contribution in [0.2, 0.25) is 0 Å². The minimum atomic E-state index is -4.78. The van der Waals surface area contributed by atoms with E-state index in [4.69, 9.17) is 5.11 Å². The first-order valence-electron chi connectivity index (χ1n) is 4.10. The number of rotatable bonds is 4. The molecule has 1 rings (SSSR count). The smallest absolute Gasteiger partial charge is 0.396 e. The largest absolute Gasteiger partial charge is 0.478 e. The Labute approximate surface area is 91.6 Å². The molecule has 1 aromatic rings. The van der Waals surface area contributed by atoms with Gasteiger partial charge in [0.15, 0.2) is 0 Å². The molecule has 0 saturated carbocycles. The minimum absolute atomic E-state index is 0.0648. The van der Waals surface area contributed by atoms with Crippen molar-refractivity contribution >= 4 is 28.1 Å². The van der Waals surface area contributed by atoms with Crippen LogP contribution in [0.25, 0.3) is 6.08 Å². The van der Waals surface area contributed by atoms with Crippen LogP contribution in [0.5, 0.6) is 0 Å². The van der Waals surface area contributed by atoms with E-state index in [0.717, 1.165) is 6.08 Å². The molecule has 0 saturated heterocycles. The molecular formula is C9H8FNO4S. The fourth-order valence-electron chi connectivity index (χ4n) is 0.971. The summed E-state index contributed by atoms with van der Waals surface area (Å²) in [6, 6.07) is 5.54. The molecule has 0 fully saturated rings. The van der Waals surface area contributed by atoms with Gasteiger partial charge in [-0.05, 0) is 23.8 Å². The number of carbonyl (C=O) groups is 1. The maximum atomic E-state index is 12.2. The summed E-state index contributed by atoms with van der Waals surface area (Å²) >= 11 is 0. The highest BCUT2D eigenvalue weighted by Crippen LogP contribution is 2.12. The molecule has 0 aliphatic heterocycles. The van der Waals surface area contributed by atoms with E-state index in [0.29, 0.717) is 5.56 Å². The lowest BCUT2D eigenvalue weighted by Crippen LogP contribution is -2.04. The number of carboxylic acids is 1. The van der Waals surface area contributed by atoms with Gasteiger partial charge in [0.05, 0.1) is 5.69 Å². The normalized spacial score (nSPS) is 11.6. The van der Waals surface area contributed by atoms with E-state index in [9.17, 15) is 17.1 Å². The van der Waals surface area contributed by atoms with E-state index in [1.807, 2.05) is 0 Å². The van der Waals surface area contributed by atoms with Crippen molar-refractivity contribution in [3.05, 3.63) is 35.9 Å². The van der Waals surface area contributed by atoms with Crippen LogP contribution in [0.3, 0.4) is 0 Å². The number of halogens is 1. The molecule has 0 aliphatic carbocycles. The highest BCUT2D eigenvalue weighted by Gasteiger charge is 2.05. The van der Waals surface area contributed by atoms with E-state index >= 15 is 0 Å². The third-order valence-electron chi connectivity index (χ3n) is 1.57. The van der Waals surface area contributed by atoms with Gasteiger partial charge in [0, 0.05) is 6.08 Å². The Morgan fingerprint density at radius 3 is 2.31 bits per heavy atom. The second-order valence-electron chi connectivity index (χ2n) is 2.83. The second kappa shape index (κ2) is 4.75. The van der Waals surface area contributed by atoms with E-state index in [1.165, 1.54) is 30.3 Å². The van der Waals surface area contributed by atoms with Crippen molar-refractivity contribution in [3.63, 3.8) is 0 Å². The number of hydrogen-bond acceptors (Lipinski definition) is 3. The summed E-state index contributed by atoms with van der Waals surface area (Å²) in [5.41, 5.74) is 0.624. The summed E-state index contributed by atoms with van der Waals surface area (Å²) in [4.78, 5) is 10.2. The number of nitrogens with one attached hydrogen (secondary N) is 1. The number of hydrogen-bond donors (Lipinski definition) is 2. The Hall–Kier alpha value is -1.89. The highest BCUT2D eigenvalue weighted by molar-refractivity contribution is 7.87. The summed E-state index contributed by atoms with van der Waals surface area (Å²) in [6.45, 7) is 0. The number of anilines is 1. The zero-order valence-corrected chi connectivity index (χ0v) is 8.74. The average Bonchev–Trinajstić information content (AvgIpc) is 2.14. The van der Waals surface area contributed by atoms with Gasteiger partial charge in [-0.2, -0.15) is 8.42 Å². The molecule has 0 spiro atoms. The SMILES string of the molecule is O=C(O)C=Cc1ccc(NS(=O)(=O)F)cc1.